The second kappa shape index (κ2) is 6.44. The molecule has 84 valence electrons. The molecule has 1 unspecified atom stereocenters. The van der Waals surface area contributed by atoms with E-state index < -0.39 is 0 Å². The summed E-state index contributed by atoms with van der Waals surface area (Å²) in [6.45, 7) is 4.49. The van der Waals surface area contributed by atoms with Crippen molar-refractivity contribution in [2.45, 2.75) is 31.3 Å². The summed E-state index contributed by atoms with van der Waals surface area (Å²) in [6.07, 6.45) is 1.22. The number of ether oxygens (including phenoxy) is 1. The lowest BCUT2D eigenvalue weighted by molar-refractivity contribution is 0.412. The van der Waals surface area contributed by atoms with E-state index in [0.717, 1.165) is 21.2 Å². The normalized spacial score (nSPS) is 12.5. The number of halogens is 1. The van der Waals surface area contributed by atoms with Crippen LogP contribution in [0.4, 0.5) is 0 Å². The van der Waals surface area contributed by atoms with Crippen molar-refractivity contribution in [2.75, 3.05) is 7.11 Å². The predicted octanol–water partition coefficient (Wildman–Crippen LogP) is 4.49. The Morgan fingerprint density at radius 1 is 1.47 bits per heavy atom. The second-order valence-electron chi connectivity index (χ2n) is 3.50. The fourth-order valence-corrected chi connectivity index (χ4v) is 2.64. The standard InChI is InChI=1S/C12H17BrOS/c1-4-9(2)15-8-10-5-6-12(14-3)11(13)7-10/h5-7,9H,4,8H2,1-3H3. The van der Waals surface area contributed by atoms with E-state index in [4.69, 9.17) is 4.74 Å². The Balaban J connectivity index is 2.59. The van der Waals surface area contributed by atoms with Gasteiger partial charge >= 0.3 is 0 Å². The molecular formula is C12H17BrOS. The SMILES string of the molecule is CCC(C)SCc1ccc(OC)c(Br)c1. The maximum absolute atomic E-state index is 5.19. The van der Waals surface area contributed by atoms with Gasteiger partial charge in [0, 0.05) is 11.0 Å². The first-order chi connectivity index (χ1) is 7.17. The highest BCUT2D eigenvalue weighted by Gasteiger charge is 2.03. The van der Waals surface area contributed by atoms with Crippen molar-refractivity contribution in [3.8, 4) is 5.75 Å². The van der Waals surface area contributed by atoms with Gasteiger partial charge in [-0.1, -0.05) is 19.9 Å². The van der Waals surface area contributed by atoms with Crippen LogP contribution in [-0.2, 0) is 5.75 Å². The molecule has 0 amide bonds. The van der Waals surface area contributed by atoms with Crippen molar-refractivity contribution < 1.29 is 4.74 Å². The van der Waals surface area contributed by atoms with Gasteiger partial charge in [-0.15, -0.1) is 0 Å². The molecule has 0 aliphatic heterocycles. The van der Waals surface area contributed by atoms with E-state index in [9.17, 15) is 0 Å². The van der Waals surface area contributed by atoms with E-state index in [1.165, 1.54) is 12.0 Å². The predicted molar refractivity (Wildman–Crippen MR) is 71.7 cm³/mol. The van der Waals surface area contributed by atoms with Crippen LogP contribution in [0.5, 0.6) is 5.75 Å². The quantitative estimate of drug-likeness (QED) is 0.790. The Morgan fingerprint density at radius 2 is 2.20 bits per heavy atom. The molecule has 1 aromatic carbocycles. The molecule has 0 aliphatic rings. The van der Waals surface area contributed by atoms with Gasteiger partial charge in [0.1, 0.15) is 5.75 Å². The molecule has 0 aliphatic carbocycles. The monoisotopic (exact) mass is 288 g/mol. The van der Waals surface area contributed by atoms with Gasteiger partial charge in [-0.25, -0.2) is 0 Å². The van der Waals surface area contributed by atoms with Crippen LogP contribution in [0.25, 0.3) is 0 Å². The highest BCUT2D eigenvalue weighted by molar-refractivity contribution is 9.10. The van der Waals surface area contributed by atoms with Crippen molar-refractivity contribution >= 4 is 27.7 Å². The van der Waals surface area contributed by atoms with E-state index in [0.29, 0.717) is 0 Å². The first-order valence-corrected chi connectivity index (χ1v) is 6.95. The number of methoxy groups -OCH3 is 1. The summed E-state index contributed by atoms with van der Waals surface area (Å²) < 4.78 is 6.23. The minimum absolute atomic E-state index is 0.728. The summed E-state index contributed by atoms with van der Waals surface area (Å²) >= 11 is 5.49. The molecule has 1 atom stereocenters. The number of benzene rings is 1. The van der Waals surface area contributed by atoms with Crippen LogP contribution in [0.2, 0.25) is 0 Å². The number of hydrogen-bond acceptors (Lipinski definition) is 2. The third kappa shape index (κ3) is 4.07. The van der Waals surface area contributed by atoms with Gasteiger partial charge in [0.2, 0.25) is 0 Å². The van der Waals surface area contributed by atoms with Crippen LogP contribution >= 0.6 is 27.7 Å². The van der Waals surface area contributed by atoms with Crippen LogP contribution in [0.15, 0.2) is 22.7 Å². The lowest BCUT2D eigenvalue weighted by Crippen LogP contribution is -1.94. The van der Waals surface area contributed by atoms with E-state index in [-0.39, 0.29) is 0 Å². The van der Waals surface area contributed by atoms with E-state index in [1.54, 1.807) is 7.11 Å². The third-order valence-electron chi connectivity index (χ3n) is 2.33. The summed E-state index contributed by atoms with van der Waals surface area (Å²) in [7, 11) is 1.69. The van der Waals surface area contributed by atoms with Gasteiger partial charge in [-0.2, -0.15) is 11.8 Å². The third-order valence-corrected chi connectivity index (χ3v) is 4.35. The molecule has 0 saturated carbocycles. The smallest absolute Gasteiger partial charge is 0.133 e. The van der Waals surface area contributed by atoms with Crippen molar-refractivity contribution in [2.24, 2.45) is 0 Å². The topological polar surface area (TPSA) is 9.23 Å². The molecule has 0 radical (unpaired) electrons. The van der Waals surface area contributed by atoms with Crippen LogP contribution in [-0.4, -0.2) is 12.4 Å². The summed E-state index contributed by atoms with van der Waals surface area (Å²) in [6, 6.07) is 6.27. The minimum Gasteiger partial charge on any atom is -0.496 e. The fraction of sp³-hybridized carbons (Fsp3) is 0.500. The Morgan fingerprint density at radius 3 is 2.73 bits per heavy atom. The Bertz CT molecular complexity index is 314. The largest absolute Gasteiger partial charge is 0.496 e. The molecule has 15 heavy (non-hydrogen) atoms. The minimum atomic E-state index is 0.728. The van der Waals surface area contributed by atoms with Crippen LogP contribution in [0.1, 0.15) is 25.8 Å². The number of hydrogen-bond donors (Lipinski definition) is 0. The molecule has 3 heteroatoms. The lowest BCUT2D eigenvalue weighted by Gasteiger charge is -2.09. The number of rotatable bonds is 5. The van der Waals surface area contributed by atoms with Gasteiger partial charge < -0.3 is 4.74 Å². The van der Waals surface area contributed by atoms with Gasteiger partial charge in [0.15, 0.2) is 0 Å². The van der Waals surface area contributed by atoms with Crippen LogP contribution in [0.3, 0.4) is 0 Å². The Kier molecular flexibility index (Phi) is 5.54. The molecule has 0 saturated heterocycles. The molecule has 0 N–H and O–H groups in total. The van der Waals surface area contributed by atoms with Gasteiger partial charge in [-0.05, 0) is 40.0 Å². The zero-order valence-electron chi connectivity index (χ0n) is 9.42. The van der Waals surface area contributed by atoms with Crippen molar-refractivity contribution in [1.82, 2.24) is 0 Å². The molecule has 1 aromatic rings. The molecule has 0 aromatic heterocycles. The van der Waals surface area contributed by atoms with Gasteiger partial charge in [-0.3, -0.25) is 0 Å². The fourth-order valence-electron chi connectivity index (χ4n) is 1.16. The zero-order valence-corrected chi connectivity index (χ0v) is 11.8. The zero-order chi connectivity index (χ0) is 11.3. The molecular weight excluding hydrogens is 272 g/mol. The average molecular weight is 289 g/mol. The highest BCUT2D eigenvalue weighted by atomic mass is 79.9. The van der Waals surface area contributed by atoms with E-state index in [1.807, 2.05) is 17.8 Å². The van der Waals surface area contributed by atoms with Crippen molar-refractivity contribution in [3.63, 3.8) is 0 Å². The van der Waals surface area contributed by atoms with Crippen molar-refractivity contribution in [1.29, 1.82) is 0 Å². The summed E-state index contributed by atoms with van der Waals surface area (Å²) in [4.78, 5) is 0. The second-order valence-corrected chi connectivity index (χ2v) is 5.78. The van der Waals surface area contributed by atoms with Crippen LogP contribution in [0, 0.1) is 0 Å². The van der Waals surface area contributed by atoms with Gasteiger partial charge in [0.25, 0.3) is 0 Å². The summed E-state index contributed by atoms with van der Waals surface area (Å²) in [5.74, 6) is 1.96. The lowest BCUT2D eigenvalue weighted by atomic mass is 10.2. The van der Waals surface area contributed by atoms with E-state index in [2.05, 4.69) is 41.9 Å². The summed E-state index contributed by atoms with van der Waals surface area (Å²) in [5.41, 5.74) is 1.34. The Labute approximate surface area is 105 Å². The molecule has 1 rings (SSSR count). The molecule has 0 fully saturated rings. The molecule has 0 spiro atoms. The number of thioether (sulfide) groups is 1. The highest BCUT2D eigenvalue weighted by Crippen LogP contribution is 2.28. The maximum Gasteiger partial charge on any atom is 0.133 e. The Hall–Kier alpha value is -0.150. The first-order valence-electron chi connectivity index (χ1n) is 5.11. The van der Waals surface area contributed by atoms with E-state index >= 15 is 0 Å². The molecule has 0 heterocycles. The van der Waals surface area contributed by atoms with Crippen molar-refractivity contribution in [3.05, 3.63) is 28.2 Å². The first kappa shape index (κ1) is 12.9. The van der Waals surface area contributed by atoms with Crippen LogP contribution < -0.4 is 4.74 Å². The molecule has 0 bridgehead atoms. The molecule has 1 nitrogen and oxygen atoms in total. The summed E-state index contributed by atoms with van der Waals surface area (Å²) in [5, 5.41) is 0.728. The maximum atomic E-state index is 5.19. The average Bonchev–Trinajstić information content (AvgIpc) is 2.26. The van der Waals surface area contributed by atoms with Gasteiger partial charge in [0.05, 0.1) is 11.6 Å².